The third-order valence-electron chi connectivity index (χ3n) is 5.29. The normalized spacial score (nSPS) is 11.5. The summed E-state index contributed by atoms with van der Waals surface area (Å²) in [6, 6.07) is 8.21. The number of fused-ring (bicyclic) bond motifs is 2. The van der Waals surface area contributed by atoms with Gasteiger partial charge < -0.3 is 24.9 Å². The molecule has 0 atom stereocenters. The van der Waals surface area contributed by atoms with Gasteiger partial charge in [0.1, 0.15) is 23.5 Å². The monoisotopic (exact) mass is 392 g/mol. The smallest absolute Gasteiger partial charge is 0.207 e. The Morgan fingerprint density at radius 1 is 1.28 bits per heavy atom. The lowest BCUT2D eigenvalue weighted by molar-refractivity contribution is -0.109. The standard InChI is InChI=1S/C21H24N6O2/c1-12(2)27-17(9-23-11-28)18(19-20(22)24-10-25-21(19)27)16-7-13-5-6-14(29-4)8-15(13)26(16)3/h5-8,10-12H,9H2,1-4H3,(H,23,28)(H2,22,24,25). The van der Waals surface area contributed by atoms with Crippen LogP contribution in [0.3, 0.4) is 0 Å². The van der Waals surface area contributed by atoms with Gasteiger partial charge >= 0.3 is 0 Å². The van der Waals surface area contributed by atoms with Gasteiger partial charge in [0.05, 0.1) is 30.3 Å². The molecule has 0 saturated carbocycles. The number of nitrogens with zero attached hydrogens (tertiary/aromatic N) is 4. The lowest BCUT2D eigenvalue weighted by atomic mass is 10.1. The topological polar surface area (TPSA) is 100.0 Å². The Morgan fingerprint density at radius 2 is 2.07 bits per heavy atom. The number of anilines is 1. The molecule has 3 heterocycles. The number of rotatable bonds is 6. The van der Waals surface area contributed by atoms with Crippen molar-refractivity contribution >= 4 is 34.2 Å². The molecule has 0 bridgehead atoms. The van der Waals surface area contributed by atoms with Crippen LogP contribution in [0.5, 0.6) is 5.75 Å². The van der Waals surface area contributed by atoms with Crippen molar-refractivity contribution in [1.29, 1.82) is 0 Å². The molecule has 0 spiro atoms. The van der Waals surface area contributed by atoms with Crippen molar-refractivity contribution in [3.63, 3.8) is 0 Å². The SMILES string of the molecule is COc1ccc2cc(-c3c(CNC=O)n(C(C)C)c4ncnc(N)c34)n(C)c2c1. The van der Waals surface area contributed by atoms with Crippen LogP contribution >= 0.6 is 0 Å². The number of nitrogen functional groups attached to an aromatic ring is 1. The van der Waals surface area contributed by atoms with E-state index in [4.69, 9.17) is 10.5 Å². The van der Waals surface area contributed by atoms with Gasteiger partial charge in [-0.25, -0.2) is 9.97 Å². The fourth-order valence-electron chi connectivity index (χ4n) is 4.03. The lowest BCUT2D eigenvalue weighted by Gasteiger charge is -2.15. The summed E-state index contributed by atoms with van der Waals surface area (Å²) in [6.45, 7) is 4.52. The van der Waals surface area contributed by atoms with Gasteiger partial charge in [-0.1, -0.05) is 0 Å². The summed E-state index contributed by atoms with van der Waals surface area (Å²) in [5, 5.41) is 4.68. The summed E-state index contributed by atoms with van der Waals surface area (Å²) in [7, 11) is 3.66. The molecule has 8 heteroatoms. The first kappa shape index (κ1) is 18.8. The van der Waals surface area contributed by atoms with Crippen LogP contribution in [0, 0.1) is 0 Å². The van der Waals surface area contributed by atoms with Gasteiger partial charge in [0.25, 0.3) is 0 Å². The van der Waals surface area contributed by atoms with Gasteiger partial charge in [0.2, 0.25) is 6.41 Å². The van der Waals surface area contributed by atoms with Gasteiger partial charge in [-0.15, -0.1) is 0 Å². The summed E-state index contributed by atoms with van der Waals surface area (Å²) in [6.07, 6.45) is 2.18. The highest BCUT2D eigenvalue weighted by Gasteiger charge is 2.25. The summed E-state index contributed by atoms with van der Waals surface area (Å²) in [5.74, 6) is 1.21. The molecule has 0 aliphatic rings. The Morgan fingerprint density at radius 3 is 2.76 bits per heavy atom. The van der Waals surface area contributed by atoms with Crippen LogP contribution < -0.4 is 15.8 Å². The minimum atomic E-state index is 0.124. The molecule has 0 radical (unpaired) electrons. The van der Waals surface area contributed by atoms with E-state index in [-0.39, 0.29) is 6.04 Å². The van der Waals surface area contributed by atoms with Crippen molar-refractivity contribution in [2.75, 3.05) is 12.8 Å². The molecule has 3 N–H and O–H groups in total. The predicted molar refractivity (Wildman–Crippen MR) is 114 cm³/mol. The Bertz CT molecular complexity index is 1220. The number of methoxy groups -OCH3 is 1. The second-order valence-corrected chi connectivity index (χ2v) is 7.26. The summed E-state index contributed by atoms with van der Waals surface area (Å²) < 4.78 is 9.60. The number of ether oxygens (including phenoxy) is 1. The van der Waals surface area contributed by atoms with Crippen LogP contribution in [0.25, 0.3) is 33.2 Å². The molecule has 0 aliphatic heterocycles. The van der Waals surface area contributed by atoms with Crippen molar-refractivity contribution in [2.24, 2.45) is 7.05 Å². The molecule has 4 aromatic rings. The van der Waals surface area contributed by atoms with Crippen LogP contribution in [0.1, 0.15) is 25.6 Å². The third-order valence-corrected chi connectivity index (χ3v) is 5.29. The Kier molecular flexibility index (Phi) is 4.62. The van der Waals surface area contributed by atoms with E-state index in [1.165, 1.54) is 6.33 Å². The van der Waals surface area contributed by atoms with E-state index in [1.54, 1.807) is 7.11 Å². The van der Waals surface area contributed by atoms with Gasteiger partial charge in [0.15, 0.2) is 0 Å². The molecular formula is C21H24N6O2. The van der Waals surface area contributed by atoms with E-state index in [0.717, 1.165) is 44.6 Å². The molecule has 1 amide bonds. The number of carbonyl (C=O) groups excluding carboxylic acids is 1. The molecule has 150 valence electrons. The van der Waals surface area contributed by atoms with Gasteiger partial charge in [0, 0.05) is 35.8 Å². The van der Waals surface area contributed by atoms with E-state index in [1.807, 2.05) is 25.2 Å². The van der Waals surface area contributed by atoms with Crippen molar-refractivity contribution in [3.8, 4) is 17.0 Å². The molecular weight excluding hydrogens is 368 g/mol. The lowest BCUT2D eigenvalue weighted by Crippen LogP contribution is -2.16. The van der Waals surface area contributed by atoms with Crippen LogP contribution in [-0.2, 0) is 18.4 Å². The predicted octanol–water partition coefficient (Wildman–Crippen LogP) is 3.01. The first-order valence-corrected chi connectivity index (χ1v) is 9.42. The maximum absolute atomic E-state index is 11.1. The highest BCUT2D eigenvalue weighted by atomic mass is 16.5. The van der Waals surface area contributed by atoms with Gasteiger partial charge in [-0.05, 0) is 32.0 Å². The Labute approximate surface area is 168 Å². The van der Waals surface area contributed by atoms with Crippen LogP contribution in [-0.4, -0.2) is 32.6 Å². The zero-order chi connectivity index (χ0) is 20.7. The highest BCUT2D eigenvalue weighted by Crippen LogP contribution is 2.40. The highest BCUT2D eigenvalue weighted by molar-refractivity contribution is 6.04. The number of carbonyl (C=O) groups is 1. The number of benzene rings is 1. The fraction of sp³-hybridized carbons (Fsp3) is 0.286. The summed E-state index contributed by atoms with van der Waals surface area (Å²) >= 11 is 0. The van der Waals surface area contributed by atoms with Crippen molar-refractivity contribution < 1.29 is 9.53 Å². The van der Waals surface area contributed by atoms with Gasteiger partial charge in [-0.2, -0.15) is 0 Å². The minimum Gasteiger partial charge on any atom is -0.497 e. The average molecular weight is 392 g/mol. The van der Waals surface area contributed by atoms with E-state index in [2.05, 4.69) is 44.3 Å². The van der Waals surface area contributed by atoms with E-state index >= 15 is 0 Å². The quantitative estimate of drug-likeness (QED) is 0.491. The van der Waals surface area contributed by atoms with Crippen LogP contribution in [0.4, 0.5) is 5.82 Å². The number of aryl methyl sites for hydroxylation is 1. The van der Waals surface area contributed by atoms with E-state index in [0.29, 0.717) is 18.8 Å². The van der Waals surface area contributed by atoms with Crippen molar-refractivity contribution in [3.05, 3.63) is 36.3 Å². The first-order chi connectivity index (χ1) is 14.0. The number of hydrogen-bond acceptors (Lipinski definition) is 5. The van der Waals surface area contributed by atoms with E-state index in [9.17, 15) is 4.79 Å². The zero-order valence-electron chi connectivity index (χ0n) is 16.9. The number of hydrogen-bond donors (Lipinski definition) is 2. The molecule has 4 rings (SSSR count). The van der Waals surface area contributed by atoms with Crippen molar-refractivity contribution in [1.82, 2.24) is 24.4 Å². The van der Waals surface area contributed by atoms with Gasteiger partial charge in [-0.3, -0.25) is 4.79 Å². The third kappa shape index (κ3) is 2.88. The largest absolute Gasteiger partial charge is 0.497 e. The molecule has 0 unspecified atom stereocenters. The number of aromatic nitrogens is 4. The summed E-state index contributed by atoms with van der Waals surface area (Å²) in [4.78, 5) is 19.8. The van der Waals surface area contributed by atoms with Crippen LogP contribution in [0.15, 0.2) is 30.6 Å². The molecule has 3 aromatic heterocycles. The zero-order valence-corrected chi connectivity index (χ0v) is 16.9. The molecule has 0 fully saturated rings. The molecule has 0 aliphatic carbocycles. The molecule has 8 nitrogen and oxygen atoms in total. The summed E-state index contributed by atoms with van der Waals surface area (Å²) in [5.41, 5.74) is 10.9. The maximum Gasteiger partial charge on any atom is 0.207 e. The second-order valence-electron chi connectivity index (χ2n) is 7.26. The Hall–Kier alpha value is -3.55. The first-order valence-electron chi connectivity index (χ1n) is 9.42. The number of amides is 1. The van der Waals surface area contributed by atoms with Crippen LogP contribution in [0.2, 0.25) is 0 Å². The number of nitrogens with two attached hydrogens (primary N) is 1. The fourth-order valence-corrected chi connectivity index (χ4v) is 4.03. The average Bonchev–Trinajstić information content (AvgIpc) is 3.21. The molecule has 29 heavy (non-hydrogen) atoms. The molecule has 0 saturated heterocycles. The van der Waals surface area contributed by atoms with E-state index < -0.39 is 0 Å². The Balaban J connectivity index is 2.11. The second kappa shape index (κ2) is 7.12. The van der Waals surface area contributed by atoms with Crippen molar-refractivity contribution in [2.45, 2.75) is 26.4 Å². The number of nitrogens with one attached hydrogen (secondary N) is 1. The molecule has 1 aromatic carbocycles. The minimum absolute atomic E-state index is 0.124. The maximum atomic E-state index is 11.1.